The average Bonchev–Trinajstić information content (AvgIpc) is 2.56. The fourth-order valence-electron chi connectivity index (χ4n) is 2.69. The number of hydrogen-bond acceptors (Lipinski definition) is 4. The number of anilines is 2. The van der Waals surface area contributed by atoms with Crippen molar-refractivity contribution in [2.24, 2.45) is 0 Å². The number of para-hydroxylation sites is 2. The van der Waals surface area contributed by atoms with Crippen LogP contribution in [-0.2, 0) is 14.8 Å². The van der Waals surface area contributed by atoms with Gasteiger partial charge in [0, 0.05) is 5.69 Å². The number of ether oxygens (including phenoxy) is 1. The number of amides is 1. The zero-order valence-corrected chi connectivity index (χ0v) is 15.1. The Morgan fingerprint density at radius 1 is 1.16 bits per heavy atom. The number of aryl methyl sites for hydroxylation is 2. The van der Waals surface area contributed by atoms with Crippen LogP contribution in [0.5, 0.6) is 5.75 Å². The number of carbonyl (C=O) groups excluding carboxylic acids is 1. The fraction of sp³-hybridized carbons (Fsp3) is 0.278. The standard InChI is InChI=1S/C18H20N2O4S/c1-12-8-9-14(10-13(12)2)19-18(21)17-11-20(25(3,22)23)15-6-4-5-7-16(15)24-17/h4-10,17H,11H2,1-3H3,(H,19,21). The molecule has 1 heterocycles. The maximum Gasteiger partial charge on any atom is 0.267 e. The van der Waals surface area contributed by atoms with Crippen LogP contribution in [0.3, 0.4) is 0 Å². The summed E-state index contributed by atoms with van der Waals surface area (Å²) in [6.07, 6.45) is 0.194. The number of nitrogens with one attached hydrogen (secondary N) is 1. The summed E-state index contributed by atoms with van der Waals surface area (Å²) < 4.78 is 31.1. The molecule has 0 aliphatic carbocycles. The zero-order valence-electron chi connectivity index (χ0n) is 14.3. The second-order valence-electron chi connectivity index (χ2n) is 6.16. The summed E-state index contributed by atoms with van der Waals surface area (Å²) in [4.78, 5) is 12.6. The van der Waals surface area contributed by atoms with E-state index >= 15 is 0 Å². The number of hydrogen-bond donors (Lipinski definition) is 1. The third kappa shape index (κ3) is 3.61. The van der Waals surface area contributed by atoms with Gasteiger partial charge in [-0.1, -0.05) is 18.2 Å². The molecule has 1 N–H and O–H groups in total. The van der Waals surface area contributed by atoms with E-state index in [9.17, 15) is 13.2 Å². The molecule has 1 aliphatic heterocycles. The minimum Gasteiger partial charge on any atom is -0.476 e. The van der Waals surface area contributed by atoms with E-state index < -0.39 is 16.1 Å². The SMILES string of the molecule is Cc1ccc(NC(=O)C2CN(S(C)(=O)=O)c3ccccc3O2)cc1C. The van der Waals surface area contributed by atoms with Gasteiger partial charge in [0.25, 0.3) is 5.91 Å². The lowest BCUT2D eigenvalue weighted by Crippen LogP contribution is -2.48. The summed E-state index contributed by atoms with van der Waals surface area (Å²) in [7, 11) is -3.52. The van der Waals surface area contributed by atoms with Crippen molar-refractivity contribution >= 4 is 27.3 Å². The topological polar surface area (TPSA) is 75.7 Å². The summed E-state index contributed by atoms with van der Waals surface area (Å²) in [6.45, 7) is 3.89. The normalized spacial score (nSPS) is 16.8. The van der Waals surface area contributed by atoms with Crippen LogP contribution in [0, 0.1) is 13.8 Å². The number of nitrogens with zero attached hydrogens (tertiary/aromatic N) is 1. The maximum absolute atomic E-state index is 12.6. The van der Waals surface area contributed by atoms with Gasteiger partial charge in [0.05, 0.1) is 18.5 Å². The molecule has 0 fully saturated rings. The average molecular weight is 360 g/mol. The van der Waals surface area contributed by atoms with Crippen molar-refractivity contribution in [2.45, 2.75) is 20.0 Å². The van der Waals surface area contributed by atoms with Gasteiger partial charge in [0.1, 0.15) is 5.75 Å². The van der Waals surface area contributed by atoms with Gasteiger partial charge >= 0.3 is 0 Å². The first-order chi connectivity index (χ1) is 11.8. The number of fused-ring (bicyclic) bond motifs is 1. The van der Waals surface area contributed by atoms with Crippen molar-refractivity contribution in [3.05, 3.63) is 53.6 Å². The third-order valence-corrected chi connectivity index (χ3v) is 5.35. The molecule has 1 atom stereocenters. The predicted octanol–water partition coefficient (Wildman–Crippen LogP) is 2.47. The van der Waals surface area contributed by atoms with Crippen LogP contribution in [0.1, 0.15) is 11.1 Å². The van der Waals surface area contributed by atoms with Crippen molar-refractivity contribution in [3.63, 3.8) is 0 Å². The second kappa shape index (κ2) is 6.40. The number of benzene rings is 2. The van der Waals surface area contributed by atoms with Gasteiger partial charge in [-0.25, -0.2) is 8.42 Å². The van der Waals surface area contributed by atoms with Crippen LogP contribution in [-0.4, -0.2) is 33.2 Å². The van der Waals surface area contributed by atoms with E-state index in [1.165, 1.54) is 4.31 Å². The third-order valence-electron chi connectivity index (χ3n) is 4.20. The Balaban J connectivity index is 1.85. The molecule has 6 nitrogen and oxygen atoms in total. The molecular formula is C18H20N2O4S. The monoisotopic (exact) mass is 360 g/mol. The van der Waals surface area contributed by atoms with E-state index in [1.807, 2.05) is 32.0 Å². The number of sulfonamides is 1. The van der Waals surface area contributed by atoms with Crippen molar-refractivity contribution in [3.8, 4) is 5.75 Å². The summed E-state index contributed by atoms with van der Waals surface area (Å²) in [5.41, 5.74) is 3.29. The predicted molar refractivity (Wildman–Crippen MR) is 97.6 cm³/mol. The highest BCUT2D eigenvalue weighted by Gasteiger charge is 2.34. The Morgan fingerprint density at radius 2 is 1.88 bits per heavy atom. The summed E-state index contributed by atoms with van der Waals surface area (Å²) in [6, 6.07) is 12.4. The molecule has 0 spiro atoms. The zero-order chi connectivity index (χ0) is 18.2. The summed E-state index contributed by atoms with van der Waals surface area (Å²) in [5.74, 6) is -0.00850. The van der Waals surface area contributed by atoms with E-state index in [0.29, 0.717) is 17.1 Å². The molecule has 0 radical (unpaired) electrons. The lowest BCUT2D eigenvalue weighted by molar-refractivity contribution is -0.122. The molecule has 3 rings (SSSR count). The van der Waals surface area contributed by atoms with E-state index in [0.717, 1.165) is 17.4 Å². The van der Waals surface area contributed by atoms with Gasteiger partial charge in [-0.2, -0.15) is 0 Å². The van der Waals surface area contributed by atoms with Crippen molar-refractivity contribution < 1.29 is 17.9 Å². The largest absolute Gasteiger partial charge is 0.476 e. The van der Waals surface area contributed by atoms with Gasteiger partial charge in [0.15, 0.2) is 6.10 Å². The first-order valence-corrected chi connectivity index (χ1v) is 9.72. The number of rotatable bonds is 3. The Bertz CT molecular complexity index is 924. The molecule has 1 unspecified atom stereocenters. The second-order valence-corrected chi connectivity index (χ2v) is 8.06. The van der Waals surface area contributed by atoms with E-state index in [-0.39, 0.29) is 12.5 Å². The minimum absolute atomic E-state index is 0.0630. The molecule has 132 valence electrons. The van der Waals surface area contributed by atoms with Gasteiger partial charge in [-0.3, -0.25) is 9.10 Å². The van der Waals surface area contributed by atoms with E-state index in [2.05, 4.69) is 5.32 Å². The molecule has 0 aromatic heterocycles. The molecule has 7 heteroatoms. The highest BCUT2D eigenvalue weighted by atomic mass is 32.2. The highest BCUT2D eigenvalue weighted by Crippen LogP contribution is 2.34. The van der Waals surface area contributed by atoms with Gasteiger partial charge in [0.2, 0.25) is 10.0 Å². The van der Waals surface area contributed by atoms with E-state index in [1.54, 1.807) is 24.3 Å². The van der Waals surface area contributed by atoms with Crippen LogP contribution in [0.2, 0.25) is 0 Å². The van der Waals surface area contributed by atoms with Crippen LogP contribution in [0.4, 0.5) is 11.4 Å². The summed E-state index contributed by atoms with van der Waals surface area (Å²) >= 11 is 0. The molecule has 0 bridgehead atoms. The van der Waals surface area contributed by atoms with Gasteiger partial charge in [-0.15, -0.1) is 0 Å². The van der Waals surface area contributed by atoms with Crippen LogP contribution in [0.25, 0.3) is 0 Å². The molecule has 1 amide bonds. The summed E-state index contributed by atoms with van der Waals surface area (Å²) in [5, 5.41) is 2.80. The molecule has 0 saturated carbocycles. The van der Waals surface area contributed by atoms with Crippen LogP contribution in [0.15, 0.2) is 42.5 Å². The highest BCUT2D eigenvalue weighted by molar-refractivity contribution is 7.92. The first-order valence-electron chi connectivity index (χ1n) is 7.87. The van der Waals surface area contributed by atoms with Crippen LogP contribution < -0.4 is 14.4 Å². The van der Waals surface area contributed by atoms with Gasteiger partial charge < -0.3 is 10.1 Å². The molecular weight excluding hydrogens is 340 g/mol. The Labute approximate surface area is 147 Å². The smallest absolute Gasteiger partial charge is 0.267 e. The van der Waals surface area contributed by atoms with Gasteiger partial charge in [-0.05, 0) is 49.2 Å². The Kier molecular flexibility index (Phi) is 4.43. The van der Waals surface area contributed by atoms with E-state index in [4.69, 9.17) is 4.74 Å². The number of carbonyl (C=O) groups is 1. The lowest BCUT2D eigenvalue weighted by atomic mass is 10.1. The molecule has 2 aromatic rings. The molecule has 25 heavy (non-hydrogen) atoms. The first kappa shape index (κ1) is 17.3. The molecule has 2 aromatic carbocycles. The van der Waals surface area contributed by atoms with Crippen molar-refractivity contribution in [2.75, 3.05) is 22.4 Å². The lowest BCUT2D eigenvalue weighted by Gasteiger charge is -2.33. The minimum atomic E-state index is -3.52. The quantitative estimate of drug-likeness (QED) is 0.912. The fourth-order valence-corrected chi connectivity index (χ4v) is 3.61. The molecule has 1 aliphatic rings. The Hall–Kier alpha value is -2.54. The van der Waals surface area contributed by atoms with Crippen LogP contribution >= 0.6 is 0 Å². The Morgan fingerprint density at radius 3 is 2.56 bits per heavy atom. The molecule has 0 saturated heterocycles. The van der Waals surface area contributed by atoms with Crippen molar-refractivity contribution in [1.82, 2.24) is 0 Å². The maximum atomic E-state index is 12.6. The van der Waals surface area contributed by atoms with Crippen molar-refractivity contribution in [1.29, 1.82) is 0 Å².